The van der Waals surface area contributed by atoms with E-state index in [1.807, 2.05) is 19.1 Å². The van der Waals surface area contributed by atoms with Crippen molar-refractivity contribution in [2.45, 2.75) is 47.1 Å². The van der Waals surface area contributed by atoms with Crippen LogP contribution < -0.4 is 15.4 Å². The molecule has 1 atom stereocenters. The fraction of sp³-hybridized carbons (Fsp3) is 0.650. The van der Waals surface area contributed by atoms with E-state index in [9.17, 15) is 5.11 Å². The van der Waals surface area contributed by atoms with Gasteiger partial charge in [0.1, 0.15) is 5.75 Å². The molecular weight excluding hydrogens is 314 g/mol. The molecule has 0 aliphatic rings. The topological polar surface area (TPSA) is 65.9 Å². The molecule has 0 spiro atoms. The van der Waals surface area contributed by atoms with Crippen LogP contribution in [0, 0.1) is 18.8 Å². The highest BCUT2D eigenvalue weighted by atomic mass is 16.5. The van der Waals surface area contributed by atoms with Crippen molar-refractivity contribution in [3.8, 4) is 5.75 Å². The number of rotatable bonds is 10. The van der Waals surface area contributed by atoms with E-state index in [1.165, 1.54) is 0 Å². The first kappa shape index (κ1) is 21.3. The maximum absolute atomic E-state index is 9.26. The number of nitrogens with one attached hydrogen (secondary N) is 2. The lowest BCUT2D eigenvalue weighted by atomic mass is 9.94. The largest absolute Gasteiger partial charge is 0.496 e. The Morgan fingerprint density at radius 3 is 2.60 bits per heavy atom. The molecule has 1 aromatic rings. The fourth-order valence-corrected chi connectivity index (χ4v) is 2.94. The Balaban J connectivity index is 2.67. The van der Waals surface area contributed by atoms with Gasteiger partial charge in [0.2, 0.25) is 0 Å². The third-order valence-corrected chi connectivity index (χ3v) is 4.12. The Morgan fingerprint density at radius 1 is 1.28 bits per heavy atom. The Bertz CT molecular complexity index is 530. The molecule has 1 rings (SSSR count). The highest BCUT2D eigenvalue weighted by molar-refractivity contribution is 5.79. The van der Waals surface area contributed by atoms with Gasteiger partial charge in [0, 0.05) is 19.7 Å². The highest BCUT2D eigenvalue weighted by Crippen LogP contribution is 2.19. The first-order valence-corrected chi connectivity index (χ1v) is 9.26. The summed E-state index contributed by atoms with van der Waals surface area (Å²) in [5, 5.41) is 16.0. The molecule has 0 saturated heterocycles. The van der Waals surface area contributed by atoms with E-state index >= 15 is 0 Å². The molecule has 0 aliphatic heterocycles. The molecule has 0 heterocycles. The van der Waals surface area contributed by atoms with Gasteiger partial charge in [0.25, 0.3) is 0 Å². The SMILES string of the molecule is CCNC(=NCc1ccc(OC)c(C)c1)NCC(CCO)CC(C)C. The van der Waals surface area contributed by atoms with E-state index in [-0.39, 0.29) is 6.61 Å². The van der Waals surface area contributed by atoms with Crippen molar-refractivity contribution in [3.63, 3.8) is 0 Å². The van der Waals surface area contributed by atoms with Gasteiger partial charge in [0.05, 0.1) is 13.7 Å². The maximum atomic E-state index is 9.26. The number of nitrogens with zero attached hydrogens (tertiary/aromatic N) is 1. The van der Waals surface area contributed by atoms with Gasteiger partial charge >= 0.3 is 0 Å². The molecule has 5 nitrogen and oxygen atoms in total. The Morgan fingerprint density at radius 2 is 2.04 bits per heavy atom. The second-order valence-electron chi connectivity index (χ2n) is 6.89. The molecule has 0 amide bonds. The molecule has 3 N–H and O–H groups in total. The number of guanidine groups is 1. The summed E-state index contributed by atoms with van der Waals surface area (Å²) >= 11 is 0. The molecule has 0 bridgehead atoms. The van der Waals surface area contributed by atoms with Crippen LogP contribution in [0.4, 0.5) is 0 Å². The van der Waals surface area contributed by atoms with Crippen LogP contribution in [-0.4, -0.2) is 37.9 Å². The summed E-state index contributed by atoms with van der Waals surface area (Å²) in [4.78, 5) is 4.68. The van der Waals surface area contributed by atoms with Crippen LogP contribution in [0.25, 0.3) is 0 Å². The number of aliphatic hydroxyl groups is 1. The predicted octanol–water partition coefficient (Wildman–Crippen LogP) is 3.10. The number of ether oxygens (including phenoxy) is 1. The predicted molar refractivity (Wildman–Crippen MR) is 105 cm³/mol. The maximum Gasteiger partial charge on any atom is 0.191 e. The van der Waals surface area contributed by atoms with Crippen molar-refractivity contribution >= 4 is 5.96 Å². The molecule has 0 fully saturated rings. The first-order chi connectivity index (χ1) is 12.0. The zero-order chi connectivity index (χ0) is 18.7. The van der Waals surface area contributed by atoms with E-state index < -0.39 is 0 Å². The Labute approximate surface area is 152 Å². The van der Waals surface area contributed by atoms with Gasteiger partial charge in [-0.05, 0) is 55.7 Å². The zero-order valence-corrected chi connectivity index (χ0v) is 16.4. The molecule has 142 valence electrons. The molecule has 0 radical (unpaired) electrons. The second kappa shape index (κ2) is 11.7. The molecule has 25 heavy (non-hydrogen) atoms. The van der Waals surface area contributed by atoms with E-state index in [0.717, 1.165) is 48.8 Å². The van der Waals surface area contributed by atoms with Gasteiger partial charge in [0.15, 0.2) is 5.96 Å². The van der Waals surface area contributed by atoms with E-state index in [0.29, 0.717) is 18.4 Å². The Kier molecular flexibility index (Phi) is 10.0. The summed E-state index contributed by atoms with van der Waals surface area (Å²) in [6.45, 7) is 11.0. The van der Waals surface area contributed by atoms with Crippen molar-refractivity contribution in [3.05, 3.63) is 29.3 Å². The zero-order valence-electron chi connectivity index (χ0n) is 16.4. The van der Waals surface area contributed by atoms with Crippen LogP contribution >= 0.6 is 0 Å². The van der Waals surface area contributed by atoms with Gasteiger partial charge < -0.3 is 20.5 Å². The summed E-state index contributed by atoms with van der Waals surface area (Å²) in [6.07, 6.45) is 1.92. The third-order valence-electron chi connectivity index (χ3n) is 4.12. The number of aliphatic hydroxyl groups excluding tert-OH is 1. The summed E-state index contributed by atoms with van der Waals surface area (Å²) in [5.74, 6) is 2.80. The van der Waals surface area contributed by atoms with E-state index in [1.54, 1.807) is 7.11 Å². The molecule has 1 unspecified atom stereocenters. The Hall–Kier alpha value is -1.75. The third kappa shape index (κ3) is 8.25. The average molecular weight is 350 g/mol. The smallest absolute Gasteiger partial charge is 0.191 e. The standard InChI is InChI=1S/C20H35N3O2/c1-6-21-20(23-14-18(9-10-24)11-15(2)3)22-13-17-7-8-19(25-5)16(4)12-17/h7-8,12,15,18,24H,6,9-11,13-14H2,1-5H3,(H2,21,22,23). The van der Waals surface area contributed by atoms with Gasteiger partial charge in [-0.15, -0.1) is 0 Å². The molecule has 5 heteroatoms. The van der Waals surface area contributed by atoms with Crippen molar-refractivity contribution in [2.24, 2.45) is 16.8 Å². The average Bonchev–Trinajstić information content (AvgIpc) is 2.57. The minimum absolute atomic E-state index is 0.234. The van der Waals surface area contributed by atoms with E-state index in [4.69, 9.17) is 4.74 Å². The number of hydrogen-bond donors (Lipinski definition) is 3. The van der Waals surface area contributed by atoms with Gasteiger partial charge in [-0.3, -0.25) is 0 Å². The molecule has 0 aliphatic carbocycles. The van der Waals surface area contributed by atoms with Gasteiger partial charge in [-0.25, -0.2) is 4.99 Å². The van der Waals surface area contributed by atoms with Gasteiger partial charge in [-0.2, -0.15) is 0 Å². The van der Waals surface area contributed by atoms with Crippen LogP contribution in [0.3, 0.4) is 0 Å². The van der Waals surface area contributed by atoms with E-state index in [2.05, 4.69) is 42.5 Å². The van der Waals surface area contributed by atoms with Crippen LogP contribution in [0.15, 0.2) is 23.2 Å². The summed E-state index contributed by atoms with van der Waals surface area (Å²) in [7, 11) is 1.69. The van der Waals surface area contributed by atoms with Crippen LogP contribution in [0.2, 0.25) is 0 Å². The number of benzene rings is 1. The molecule has 1 aromatic carbocycles. The number of hydrogen-bond acceptors (Lipinski definition) is 3. The normalized spacial score (nSPS) is 13.0. The van der Waals surface area contributed by atoms with Crippen LogP contribution in [0.5, 0.6) is 5.75 Å². The van der Waals surface area contributed by atoms with Crippen molar-refractivity contribution in [1.82, 2.24) is 10.6 Å². The quantitative estimate of drug-likeness (QED) is 0.448. The molecule has 0 aromatic heterocycles. The van der Waals surface area contributed by atoms with Crippen LogP contribution in [-0.2, 0) is 6.54 Å². The lowest BCUT2D eigenvalue weighted by molar-refractivity contribution is 0.243. The highest BCUT2D eigenvalue weighted by Gasteiger charge is 2.11. The summed E-state index contributed by atoms with van der Waals surface area (Å²) < 4.78 is 5.30. The lowest BCUT2D eigenvalue weighted by Gasteiger charge is -2.20. The van der Waals surface area contributed by atoms with Gasteiger partial charge in [-0.1, -0.05) is 26.0 Å². The van der Waals surface area contributed by atoms with Crippen LogP contribution in [0.1, 0.15) is 44.7 Å². The van der Waals surface area contributed by atoms with Crippen molar-refractivity contribution in [1.29, 1.82) is 0 Å². The summed E-state index contributed by atoms with van der Waals surface area (Å²) in [6, 6.07) is 6.14. The fourth-order valence-electron chi connectivity index (χ4n) is 2.94. The second-order valence-corrected chi connectivity index (χ2v) is 6.89. The van der Waals surface area contributed by atoms with Crippen molar-refractivity contribution < 1.29 is 9.84 Å². The van der Waals surface area contributed by atoms with Crippen molar-refractivity contribution in [2.75, 3.05) is 26.8 Å². The summed E-state index contributed by atoms with van der Waals surface area (Å²) in [5.41, 5.74) is 2.28. The number of aryl methyl sites for hydroxylation is 1. The first-order valence-electron chi connectivity index (χ1n) is 9.26. The molecular formula is C20H35N3O2. The minimum atomic E-state index is 0.234. The lowest BCUT2D eigenvalue weighted by Crippen LogP contribution is -2.40. The minimum Gasteiger partial charge on any atom is -0.496 e. The number of aliphatic imine (C=N–C) groups is 1. The number of methoxy groups -OCH3 is 1. The molecule has 0 saturated carbocycles. The monoisotopic (exact) mass is 349 g/mol.